The SMILES string of the molecule is COCCOCC1CCN(C(=O)NCc2ccc(F)cc2)CC1. The highest BCUT2D eigenvalue weighted by molar-refractivity contribution is 5.74. The number of methoxy groups -OCH3 is 1. The number of halogens is 1. The number of hydrogen-bond donors (Lipinski definition) is 1. The molecule has 0 unspecified atom stereocenters. The largest absolute Gasteiger partial charge is 0.382 e. The van der Waals surface area contributed by atoms with Gasteiger partial charge in [0.05, 0.1) is 13.2 Å². The van der Waals surface area contributed by atoms with Crippen LogP contribution in [0.2, 0.25) is 0 Å². The maximum Gasteiger partial charge on any atom is 0.317 e. The van der Waals surface area contributed by atoms with E-state index >= 15 is 0 Å². The lowest BCUT2D eigenvalue weighted by molar-refractivity contribution is 0.0381. The summed E-state index contributed by atoms with van der Waals surface area (Å²) in [5.41, 5.74) is 0.890. The van der Waals surface area contributed by atoms with Gasteiger partial charge in [0.1, 0.15) is 5.82 Å². The predicted molar refractivity (Wildman–Crippen MR) is 85.6 cm³/mol. The number of piperidine rings is 1. The molecule has 0 aromatic heterocycles. The highest BCUT2D eigenvalue weighted by atomic mass is 19.1. The Kier molecular flexibility index (Phi) is 7.29. The quantitative estimate of drug-likeness (QED) is 0.784. The van der Waals surface area contributed by atoms with Crippen LogP contribution < -0.4 is 5.32 Å². The molecule has 1 heterocycles. The van der Waals surface area contributed by atoms with E-state index in [9.17, 15) is 9.18 Å². The number of nitrogens with zero attached hydrogens (tertiary/aromatic N) is 1. The van der Waals surface area contributed by atoms with Crippen molar-refractivity contribution in [2.75, 3.05) is 40.0 Å². The van der Waals surface area contributed by atoms with Gasteiger partial charge in [-0.05, 0) is 36.5 Å². The van der Waals surface area contributed by atoms with Crippen molar-refractivity contribution < 1.29 is 18.7 Å². The fraction of sp³-hybridized carbons (Fsp3) is 0.588. The Bertz CT molecular complexity index is 473. The molecule has 2 amide bonds. The second kappa shape index (κ2) is 9.47. The average Bonchev–Trinajstić information content (AvgIpc) is 2.58. The van der Waals surface area contributed by atoms with Crippen LogP contribution in [0.4, 0.5) is 9.18 Å². The van der Waals surface area contributed by atoms with Crippen LogP contribution in [0.3, 0.4) is 0 Å². The average molecular weight is 324 g/mol. The summed E-state index contributed by atoms with van der Waals surface area (Å²) in [6, 6.07) is 6.10. The zero-order chi connectivity index (χ0) is 16.5. The van der Waals surface area contributed by atoms with Gasteiger partial charge in [-0.1, -0.05) is 12.1 Å². The van der Waals surface area contributed by atoms with E-state index in [0.29, 0.717) is 25.7 Å². The molecular weight excluding hydrogens is 299 g/mol. The molecule has 0 spiro atoms. The fourth-order valence-electron chi connectivity index (χ4n) is 2.59. The molecule has 5 nitrogen and oxygen atoms in total. The number of urea groups is 1. The summed E-state index contributed by atoms with van der Waals surface area (Å²) < 4.78 is 23.3. The Morgan fingerprint density at radius 2 is 1.96 bits per heavy atom. The second-order valence-corrected chi connectivity index (χ2v) is 5.78. The minimum absolute atomic E-state index is 0.0620. The first kappa shape index (κ1) is 17.7. The van der Waals surface area contributed by atoms with Gasteiger partial charge in [0.2, 0.25) is 0 Å². The molecule has 1 aromatic rings. The van der Waals surface area contributed by atoms with Crippen molar-refractivity contribution >= 4 is 6.03 Å². The van der Waals surface area contributed by atoms with Crippen LogP contribution in [-0.2, 0) is 16.0 Å². The molecule has 1 saturated heterocycles. The van der Waals surface area contributed by atoms with Crippen LogP contribution >= 0.6 is 0 Å². The lowest BCUT2D eigenvalue weighted by Crippen LogP contribution is -2.44. The number of carbonyl (C=O) groups excluding carboxylic acids is 1. The Hall–Kier alpha value is -1.66. The molecule has 1 aliphatic heterocycles. The monoisotopic (exact) mass is 324 g/mol. The van der Waals surface area contributed by atoms with Crippen LogP contribution in [0, 0.1) is 11.7 Å². The van der Waals surface area contributed by atoms with E-state index in [1.165, 1.54) is 12.1 Å². The zero-order valence-electron chi connectivity index (χ0n) is 13.6. The Morgan fingerprint density at radius 3 is 2.61 bits per heavy atom. The molecule has 1 aromatic carbocycles. The molecule has 2 rings (SSSR count). The number of hydrogen-bond acceptors (Lipinski definition) is 3. The van der Waals surface area contributed by atoms with Crippen LogP contribution in [0.25, 0.3) is 0 Å². The Morgan fingerprint density at radius 1 is 1.26 bits per heavy atom. The van der Waals surface area contributed by atoms with Gasteiger partial charge in [-0.25, -0.2) is 9.18 Å². The summed E-state index contributed by atoms with van der Waals surface area (Å²) in [5, 5.41) is 2.88. The van der Waals surface area contributed by atoms with Crippen LogP contribution in [0.15, 0.2) is 24.3 Å². The summed E-state index contributed by atoms with van der Waals surface area (Å²) in [6.45, 7) is 3.87. The van der Waals surface area contributed by atoms with Crippen molar-refractivity contribution in [1.82, 2.24) is 10.2 Å². The van der Waals surface area contributed by atoms with Crippen molar-refractivity contribution in [3.63, 3.8) is 0 Å². The van der Waals surface area contributed by atoms with Gasteiger partial charge < -0.3 is 19.7 Å². The predicted octanol–water partition coefficient (Wildman–Crippen LogP) is 2.41. The minimum Gasteiger partial charge on any atom is -0.382 e. The number of carbonyl (C=O) groups is 1. The number of benzene rings is 1. The zero-order valence-corrected chi connectivity index (χ0v) is 13.6. The number of rotatable bonds is 7. The molecule has 0 bridgehead atoms. The number of likely N-dealkylation sites (tertiary alicyclic amines) is 1. The van der Waals surface area contributed by atoms with E-state index in [1.807, 2.05) is 4.90 Å². The second-order valence-electron chi connectivity index (χ2n) is 5.78. The van der Waals surface area contributed by atoms with Crippen LogP contribution in [-0.4, -0.2) is 51.0 Å². The van der Waals surface area contributed by atoms with Gasteiger partial charge in [-0.15, -0.1) is 0 Å². The molecule has 1 fully saturated rings. The number of ether oxygens (including phenoxy) is 2. The van der Waals surface area contributed by atoms with E-state index in [0.717, 1.165) is 38.1 Å². The standard InChI is InChI=1S/C17H25FN2O3/c1-22-10-11-23-13-15-6-8-20(9-7-15)17(21)19-12-14-2-4-16(18)5-3-14/h2-5,15H,6-13H2,1H3,(H,19,21). The van der Waals surface area contributed by atoms with E-state index < -0.39 is 0 Å². The molecule has 1 aliphatic rings. The van der Waals surface area contributed by atoms with Crippen molar-refractivity contribution in [3.8, 4) is 0 Å². The van der Waals surface area contributed by atoms with E-state index in [2.05, 4.69) is 5.32 Å². The molecule has 0 saturated carbocycles. The summed E-state index contributed by atoms with van der Waals surface area (Å²) in [4.78, 5) is 14.0. The van der Waals surface area contributed by atoms with Crippen molar-refractivity contribution in [3.05, 3.63) is 35.6 Å². The lowest BCUT2D eigenvalue weighted by Gasteiger charge is -2.31. The first-order chi connectivity index (χ1) is 11.2. The lowest BCUT2D eigenvalue weighted by atomic mass is 9.98. The molecular formula is C17H25FN2O3. The normalized spacial score (nSPS) is 15.7. The van der Waals surface area contributed by atoms with Crippen molar-refractivity contribution in [2.45, 2.75) is 19.4 Å². The molecule has 6 heteroatoms. The van der Waals surface area contributed by atoms with Gasteiger partial charge in [-0.3, -0.25) is 0 Å². The maximum absolute atomic E-state index is 12.8. The van der Waals surface area contributed by atoms with E-state index in [1.54, 1.807) is 19.2 Å². The third-order valence-electron chi connectivity index (χ3n) is 4.04. The third kappa shape index (κ3) is 6.15. The van der Waals surface area contributed by atoms with E-state index in [4.69, 9.17) is 9.47 Å². The summed E-state index contributed by atoms with van der Waals surface area (Å²) in [5.74, 6) is 0.239. The van der Waals surface area contributed by atoms with Gasteiger partial charge >= 0.3 is 6.03 Å². The molecule has 0 radical (unpaired) electrons. The van der Waals surface area contributed by atoms with Gasteiger partial charge in [-0.2, -0.15) is 0 Å². The third-order valence-corrected chi connectivity index (χ3v) is 4.04. The molecule has 23 heavy (non-hydrogen) atoms. The molecule has 1 N–H and O–H groups in total. The first-order valence-electron chi connectivity index (χ1n) is 8.03. The van der Waals surface area contributed by atoms with Gasteiger partial charge in [0.15, 0.2) is 0 Å². The number of nitrogens with one attached hydrogen (secondary N) is 1. The summed E-state index contributed by atoms with van der Waals surface area (Å²) in [7, 11) is 1.66. The highest BCUT2D eigenvalue weighted by Gasteiger charge is 2.22. The molecule has 0 aliphatic carbocycles. The molecule has 128 valence electrons. The maximum atomic E-state index is 12.8. The highest BCUT2D eigenvalue weighted by Crippen LogP contribution is 2.17. The van der Waals surface area contributed by atoms with Crippen LogP contribution in [0.1, 0.15) is 18.4 Å². The summed E-state index contributed by atoms with van der Waals surface area (Å²) >= 11 is 0. The van der Waals surface area contributed by atoms with Crippen LogP contribution in [0.5, 0.6) is 0 Å². The minimum atomic E-state index is -0.269. The Labute approximate surface area is 136 Å². The molecule has 0 atom stereocenters. The Balaban J connectivity index is 1.64. The van der Waals surface area contributed by atoms with Crippen molar-refractivity contribution in [2.24, 2.45) is 5.92 Å². The fourth-order valence-corrected chi connectivity index (χ4v) is 2.59. The van der Waals surface area contributed by atoms with Gasteiger partial charge in [0, 0.05) is 33.4 Å². The van der Waals surface area contributed by atoms with Gasteiger partial charge in [0.25, 0.3) is 0 Å². The first-order valence-corrected chi connectivity index (χ1v) is 8.03. The number of amides is 2. The van der Waals surface area contributed by atoms with Crippen molar-refractivity contribution in [1.29, 1.82) is 0 Å². The van der Waals surface area contributed by atoms with E-state index in [-0.39, 0.29) is 11.8 Å². The smallest absolute Gasteiger partial charge is 0.317 e. The summed E-state index contributed by atoms with van der Waals surface area (Å²) in [6.07, 6.45) is 1.91. The topological polar surface area (TPSA) is 50.8 Å².